The number of rotatable bonds is 4. The molecule has 0 saturated carbocycles. The number of hydrogen-bond acceptors (Lipinski definition) is 3. The van der Waals surface area contributed by atoms with E-state index < -0.39 is 0 Å². The molecular weight excluding hydrogens is 427 g/mol. The SMILES string of the molecule is C.C.CC(=O)c1cccc(/C=C/CO)c1.CC(=O)c1cccc(I)c1. The molecule has 0 spiro atoms. The molecule has 2 aromatic rings. The lowest BCUT2D eigenvalue weighted by molar-refractivity contribution is 0.100. The van der Waals surface area contributed by atoms with Crippen molar-refractivity contribution < 1.29 is 14.7 Å². The van der Waals surface area contributed by atoms with Crippen LogP contribution in [0.5, 0.6) is 0 Å². The van der Waals surface area contributed by atoms with Crippen molar-refractivity contribution >= 4 is 40.2 Å². The van der Waals surface area contributed by atoms with E-state index in [0.29, 0.717) is 5.56 Å². The molecule has 2 aromatic carbocycles. The van der Waals surface area contributed by atoms with Crippen LogP contribution >= 0.6 is 22.6 Å². The van der Waals surface area contributed by atoms with E-state index in [1.54, 1.807) is 31.2 Å². The van der Waals surface area contributed by atoms with Crippen LogP contribution in [0.4, 0.5) is 0 Å². The predicted octanol–water partition coefficient (Wildman–Crippen LogP) is 5.66. The van der Waals surface area contributed by atoms with Gasteiger partial charge < -0.3 is 5.11 Å². The Morgan fingerprint density at radius 2 is 1.48 bits per heavy atom. The summed E-state index contributed by atoms with van der Waals surface area (Å²) in [6.07, 6.45) is 3.42. The first-order chi connectivity index (χ1) is 10.9. The fraction of sp³-hybridized carbons (Fsp3) is 0.238. The predicted molar refractivity (Wildman–Crippen MR) is 115 cm³/mol. The summed E-state index contributed by atoms with van der Waals surface area (Å²) in [5.74, 6) is 0.178. The number of ketones is 2. The summed E-state index contributed by atoms with van der Waals surface area (Å²) in [4.78, 5) is 21.8. The summed E-state index contributed by atoms with van der Waals surface area (Å²) in [5.41, 5.74) is 2.41. The van der Waals surface area contributed by atoms with Crippen LogP contribution in [-0.2, 0) is 0 Å². The molecule has 0 saturated heterocycles. The second-order valence-electron chi connectivity index (χ2n) is 4.83. The molecule has 0 unspecified atom stereocenters. The van der Waals surface area contributed by atoms with Crippen LogP contribution in [0.2, 0.25) is 0 Å². The number of Topliss-reactive ketones (excluding diaryl/α,β-unsaturated/α-hetero) is 2. The van der Waals surface area contributed by atoms with Gasteiger partial charge in [0.2, 0.25) is 0 Å². The lowest BCUT2D eigenvalue weighted by atomic mass is 10.1. The van der Waals surface area contributed by atoms with Gasteiger partial charge in [0.1, 0.15) is 0 Å². The fourth-order valence-corrected chi connectivity index (χ4v) is 2.30. The molecule has 0 radical (unpaired) electrons. The summed E-state index contributed by atoms with van der Waals surface area (Å²) in [6.45, 7) is 3.13. The summed E-state index contributed by atoms with van der Waals surface area (Å²) in [6, 6.07) is 14.8. The number of aliphatic hydroxyl groups is 1. The maximum absolute atomic E-state index is 11.0. The summed E-state index contributed by atoms with van der Waals surface area (Å²) in [7, 11) is 0. The van der Waals surface area contributed by atoms with E-state index in [0.717, 1.165) is 14.7 Å². The van der Waals surface area contributed by atoms with Gasteiger partial charge in [-0.05, 0) is 60.2 Å². The average Bonchev–Trinajstić information content (AvgIpc) is 2.53. The quantitative estimate of drug-likeness (QED) is 0.479. The maximum atomic E-state index is 11.0. The van der Waals surface area contributed by atoms with Crippen LogP contribution in [0, 0.1) is 3.57 Å². The normalized spacial score (nSPS) is 9.28. The fourth-order valence-electron chi connectivity index (χ4n) is 1.76. The van der Waals surface area contributed by atoms with Crippen molar-refractivity contribution in [2.45, 2.75) is 28.7 Å². The van der Waals surface area contributed by atoms with Gasteiger partial charge in [-0.2, -0.15) is 0 Å². The molecule has 0 aromatic heterocycles. The summed E-state index contributed by atoms with van der Waals surface area (Å²) < 4.78 is 1.10. The molecule has 0 heterocycles. The van der Waals surface area contributed by atoms with Gasteiger partial charge in [0.15, 0.2) is 11.6 Å². The second kappa shape index (κ2) is 13.5. The van der Waals surface area contributed by atoms with E-state index in [2.05, 4.69) is 22.6 Å². The lowest BCUT2D eigenvalue weighted by Crippen LogP contribution is -1.91. The first kappa shape index (κ1) is 25.5. The lowest BCUT2D eigenvalue weighted by Gasteiger charge is -1.96. The van der Waals surface area contributed by atoms with Gasteiger partial charge in [-0.1, -0.05) is 57.3 Å². The van der Waals surface area contributed by atoms with Crippen LogP contribution < -0.4 is 0 Å². The Bertz CT molecular complexity index is 706. The third-order valence-corrected chi connectivity index (χ3v) is 3.61. The average molecular weight is 454 g/mol. The molecule has 136 valence electrons. The molecule has 0 aliphatic carbocycles. The molecule has 4 heteroatoms. The van der Waals surface area contributed by atoms with Gasteiger partial charge in [-0.25, -0.2) is 0 Å². The minimum absolute atomic E-state index is 0. The standard InChI is InChI=1S/C11H12O2.C8H7IO.2CH4/c1-9(13)11-6-2-4-10(8-11)5-3-7-12;1-6(10)7-3-2-4-8(9)5-7;;/h2-6,8,12H,7H2,1H3;2-5H,1H3;2*1H4/b5-3+;;;. The molecule has 3 nitrogen and oxygen atoms in total. The molecule has 0 fully saturated rings. The Balaban J connectivity index is 0. The highest BCUT2D eigenvalue weighted by Crippen LogP contribution is 2.08. The maximum Gasteiger partial charge on any atom is 0.159 e. The van der Waals surface area contributed by atoms with E-state index in [1.165, 1.54) is 6.92 Å². The topological polar surface area (TPSA) is 54.4 Å². The van der Waals surface area contributed by atoms with Crippen LogP contribution in [0.3, 0.4) is 0 Å². The highest BCUT2D eigenvalue weighted by atomic mass is 127. The third kappa shape index (κ3) is 9.94. The van der Waals surface area contributed by atoms with E-state index in [4.69, 9.17) is 5.11 Å². The first-order valence-corrected chi connectivity index (χ1v) is 8.17. The minimum atomic E-state index is 0. The van der Waals surface area contributed by atoms with Gasteiger partial charge in [-0.3, -0.25) is 9.59 Å². The van der Waals surface area contributed by atoms with Crippen molar-refractivity contribution in [1.29, 1.82) is 0 Å². The van der Waals surface area contributed by atoms with Crippen molar-refractivity contribution in [3.05, 3.63) is 74.9 Å². The number of benzene rings is 2. The third-order valence-electron chi connectivity index (χ3n) is 2.94. The van der Waals surface area contributed by atoms with Crippen molar-refractivity contribution in [3.63, 3.8) is 0 Å². The second-order valence-corrected chi connectivity index (χ2v) is 6.08. The molecule has 1 N–H and O–H groups in total. The molecule has 0 aliphatic heterocycles. The van der Waals surface area contributed by atoms with E-state index in [9.17, 15) is 9.59 Å². The molecule has 0 aliphatic rings. The molecular formula is C21H27IO3. The highest BCUT2D eigenvalue weighted by Gasteiger charge is 1.98. The largest absolute Gasteiger partial charge is 0.392 e. The molecule has 25 heavy (non-hydrogen) atoms. The Kier molecular flexibility index (Phi) is 13.7. The molecule has 0 amide bonds. The molecule has 0 atom stereocenters. The Labute approximate surface area is 164 Å². The van der Waals surface area contributed by atoms with Crippen LogP contribution in [-0.4, -0.2) is 23.3 Å². The number of carbonyl (C=O) groups excluding carboxylic acids is 2. The molecule has 2 rings (SSSR count). The van der Waals surface area contributed by atoms with E-state index in [1.807, 2.05) is 36.4 Å². The van der Waals surface area contributed by atoms with E-state index in [-0.39, 0.29) is 33.0 Å². The summed E-state index contributed by atoms with van der Waals surface area (Å²) >= 11 is 2.19. The Morgan fingerprint density at radius 3 is 1.92 bits per heavy atom. The van der Waals surface area contributed by atoms with Crippen molar-refractivity contribution in [3.8, 4) is 0 Å². The Morgan fingerprint density at radius 1 is 0.960 bits per heavy atom. The van der Waals surface area contributed by atoms with Gasteiger partial charge in [-0.15, -0.1) is 0 Å². The minimum Gasteiger partial charge on any atom is -0.392 e. The zero-order chi connectivity index (χ0) is 17.2. The van der Waals surface area contributed by atoms with Gasteiger partial charge in [0.05, 0.1) is 6.61 Å². The van der Waals surface area contributed by atoms with Gasteiger partial charge >= 0.3 is 0 Å². The highest BCUT2D eigenvalue weighted by molar-refractivity contribution is 14.1. The number of hydrogen-bond donors (Lipinski definition) is 1. The van der Waals surface area contributed by atoms with Crippen LogP contribution in [0.25, 0.3) is 6.08 Å². The van der Waals surface area contributed by atoms with Crippen LogP contribution in [0.15, 0.2) is 54.6 Å². The van der Waals surface area contributed by atoms with Crippen molar-refractivity contribution in [2.75, 3.05) is 6.61 Å². The monoisotopic (exact) mass is 454 g/mol. The summed E-state index contributed by atoms with van der Waals surface area (Å²) in [5, 5.41) is 8.55. The van der Waals surface area contributed by atoms with Gasteiger partial charge in [0, 0.05) is 14.7 Å². The van der Waals surface area contributed by atoms with Crippen LogP contribution in [0.1, 0.15) is 55.0 Å². The number of carbonyl (C=O) groups is 2. The first-order valence-electron chi connectivity index (χ1n) is 7.09. The number of halogens is 1. The van der Waals surface area contributed by atoms with Crippen molar-refractivity contribution in [2.24, 2.45) is 0 Å². The molecule has 0 bridgehead atoms. The zero-order valence-electron chi connectivity index (χ0n) is 13.1. The van der Waals surface area contributed by atoms with Gasteiger partial charge in [0.25, 0.3) is 0 Å². The van der Waals surface area contributed by atoms with E-state index >= 15 is 0 Å². The Hall–Kier alpha value is -1.79. The number of aliphatic hydroxyl groups excluding tert-OH is 1. The smallest absolute Gasteiger partial charge is 0.159 e. The zero-order valence-corrected chi connectivity index (χ0v) is 15.3. The van der Waals surface area contributed by atoms with Crippen molar-refractivity contribution in [1.82, 2.24) is 0 Å².